The number of nitrogens with zero attached hydrogens (tertiary/aromatic N) is 1. The van der Waals surface area contributed by atoms with Crippen LogP contribution in [-0.2, 0) is 13.0 Å². The van der Waals surface area contributed by atoms with Crippen molar-refractivity contribution < 1.29 is 60.9 Å². The van der Waals surface area contributed by atoms with Crippen LogP contribution in [0.2, 0.25) is 0 Å². The number of rotatable bonds is 5. The quantitative estimate of drug-likeness (QED) is 0.654. The summed E-state index contributed by atoms with van der Waals surface area (Å²) >= 11 is 0. The Kier molecular flexibility index (Phi) is 7.71. The molecule has 0 bridgehead atoms. The largest absolute Gasteiger partial charge is 1.00 e. The van der Waals surface area contributed by atoms with E-state index in [0.717, 1.165) is 11.0 Å². The van der Waals surface area contributed by atoms with Gasteiger partial charge in [-0.3, -0.25) is 9.78 Å². The van der Waals surface area contributed by atoms with Gasteiger partial charge in [0.2, 0.25) is 0 Å². The maximum Gasteiger partial charge on any atom is 1.00 e. The summed E-state index contributed by atoms with van der Waals surface area (Å²) in [4.78, 5) is 25.7. The summed E-state index contributed by atoms with van der Waals surface area (Å²) in [6.45, 7) is 2.22. The Morgan fingerprint density at radius 1 is 1.23 bits per heavy atom. The van der Waals surface area contributed by atoms with Crippen molar-refractivity contribution >= 4 is 0 Å². The zero-order valence-electron chi connectivity index (χ0n) is 12.7. The Balaban J connectivity index is 0.00000242. The third-order valence-corrected chi connectivity index (χ3v) is 3.27. The molecule has 5 nitrogen and oxygen atoms in total. The van der Waals surface area contributed by atoms with Crippen LogP contribution in [0.5, 0.6) is 5.88 Å². The second-order valence-electron chi connectivity index (χ2n) is 4.85. The molecule has 1 aromatic heterocycles. The van der Waals surface area contributed by atoms with Crippen LogP contribution in [-0.4, -0.2) is 9.55 Å². The molecule has 1 heterocycles. The van der Waals surface area contributed by atoms with Gasteiger partial charge in [0.15, 0.2) is 0 Å². The number of hydrogen-bond donors (Lipinski definition) is 1. The summed E-state index contributed by atoms with van der Waals surface area (Å²) in [5, 5.41) is 12.3. The van der Waals surface area contributed by atoms with Crippen LogP contribution in [0, 0.1) is 5.82 Å². The van der Waals surface area contributed by atoms with Crippen LogP contribution >= 0.6 is 0 Å². The van der Waals surface area contributed by atoms with Crippen molar-refractivity contribution in [3.05, 3.63) is 62.0 Å². The molecule has 0 atom stereocenters. The number of aromatic amines is 1. The third kappa shape index (κ3) is 4.63. The molecule has 0 aliphatic heterocycles. The van der Waals surface area contributed by atoms with E-state index in [-0.39, 0.29) is 75.7 Å². The molecular formula is C15H16FKN2O3. The van der Waals surface area contributed by atoms with Gasteiger partial charge in [-0.15, -0.1) is 0 Å². The Labute approximate surface area is 169 Å². The first-order valence-corrected chi connectivity index (χ1v) is 6.80. The normalized spacial score (nSPS) is 10.3. The van der Waals surface area contributed by atoms with E-state index in [2.05, 4.69) is 4.98 Å². The van der Waals surface area contributed by atoms with Crippen molar-refractivity contribution in [2.45, 2.75) is 32.7 Å². The number of halogens is 1. The molecule has 0 aliphatic rings. The maximum absolute atomic E-state index is 12.9. The summed E-state index contributed by atoms with van der Waals surface area (Å²) in [7, 11) is 0. The number of nitrogens with one attached hydrogen (secondary N) is 1. The fraction of sp³-hybridized carbons (Fsp3) is 0.333. The summed E-state index contributed by atoms with van der Waals surface area (Å²) < 4.78 is 13.9. The fourth-order valence-electron chi connectivity index (χ4n) is 2.07. The second kappa shape index (κ2) is 8.78. The van der Waals surface area contributed by atoms with Crippen molar-refractivity contribution in [1.82, 2.24) is 9.55 Å². The van der Waals surface area contributed by atoms with Gasteiger partial charge < -0.3 is 9.67 Å². The fourth-order valence-corrected chi connectivity index (χ4v) is 2.07. The first kappa shape index (κ1) is 19.3. The van der Waals surface area contributed by atoms with E-state index in [4.69, 9.17) is 0 Å². The van der Waals surface area contributed by atoms with Gasteiger partial charge in [-0.05, 0) is 30.0 Å². The van der Waals surface area contributed by atoms with Gasteiger partial charge in [0.05, 0.1) is 0 Å². The molecule has 2 aromatic rings. The van der Waals surface area contributed by atoms with Crippen LogP contribution in [0.3, 0.4) is 0 Å². The Morgan fingerprint density at radius 3 is 2.45 bits per heavy atom. The summed E-state index contributed by atoms with van der Waals surface area (Å²) in [6.07, 6.45) is 1.58. The zero-order valence-corrected chi connectivity index (χ0v) is 15.8. The van der Waals surface area contributed by atoms with E-state index < -0.39 is 17.1 Å². The summed E-state index contributed by atoms with van der Waals surface area (Å²) in [5.74, 6) is -0.954. The van der Waals surface area contributed by atoms with Gasteiger partial charge in [0.1, 0.15) is 5.82 Å². The molecule has 0 unspecified atom stereocenters. The summed E-state index contributed by atoms with van der Waals surface area (Å²) in [5.41, 5.74) is -0.722. The Bertz CT molecular complexity index is 738. The van der Waals surface area contributed by atoms with Crippen LogP contribution < -0.4 is 67.7 Å². The average Bonchev–Trinajstić information content (AvgIpc) is 2.45. The van der Waals surface area contributed by atoms with E-state index in [9.17, 15) is 19.1 Å². The van der Waals surface area contributed by atoms with Crippen LogP contribution in [0.15, 0.2) is 33.9 Å². The molecule has 0 amide bonds. The number of hydrogen-bond acceptors (Lipinski definition) is 3. The molecule has 112 valence electrons. The molecule has 0 saturated carbocycles. The smallest absolute Gasteiger partial charge is 0.860 e. The van der Waals surface area contributed by atoms with Crippen molar-refractivity contribution in [2.75, 3.05) is 0 Å². The second-order valence-corrected chi connectivity index (χ2v) is 4.85. The molecule has 0 saturated heterocycles. The SMILES string of the molecule is CCCCn1c([O-])c(Cc2ccc(F)cc2)c(=O)[nH]c1=O.[K+]. The summed E-state index contributed by atoms with van der Waals surface area (Å²) in [6, 6.07) is 5.55. The number of unbranched alkanes of at least 4 members (excludes halogenated alkanes) is 1. The molecule has 1 N–H and O–H groups in total. The van der Waals surface area contributed by atoms with Gasteiger partial charge in [0, 0.05) is 18.5 Å². The number of H-pyrrole nitrogens is 1. The molecule has 0 fully saturated rings. The maximum atomic E-state index is 12.9. The molecular weight excluding hydrogens is 314 g/mol. The molecule has 0 aliphatic carbocycles. The van der Waals surface area contributed by atoms with Gasteiger partial charge in [-0.25, -0.2) is 9.18 Å². The van der Waals surface area contributed by atoms with Crippen molar-refractivity contribution in [2.24, 2.45) is 0 Å². The molecule has 22 heavy (non-hydrogen) atoms. The average molecular weight is 330 g/mol. The minimum absolute atomic E-state index is 0. The minimum Gasteiger partial charge on any atom is -0.860 e. The predicted molar refractivity (Wildman–Crippen MR) is 74.9 cm³/mol. The van der Waals surface area contributed by atoms with Crippen LogP contribution in [0.25, 0.3) is 0 Å². The third-order valence-electron chi connectivity index (χ3n) is 3.27. The number of benzene rings is 1. The van der Waals surface area contributed by atoms with Gasteiger partial charge in [-0.1, -0.05) is 25.5 Å². The minimum atomic E-state index is -0.679. The van der Waals surface area contributed by atoms with E-state index in [1.807, 2.05) is 6.92 Å². The van der Waals surface area contributed by atoms with Crippen LogP contribution in [0.1, 0.15) is 30.9 Å². The van der Waals surface area contributed by atoms with Gasteiger partial charge in [-0.2, -0.15) is 0 Å². The Morgan fingerprint density at radius 2 is 1.86 bits per heavy atom. The van der Waals surface area contributed by atoms with E-state index in [1.54, 1.807) is 0 Å². The van der Waals surface area contributed by atoms with E-state index in [0.29, 0.717) is 12.0 Å². The monoisotopic (exact) mass is 330 g/mol. The van der Waals surface area contributed by atoms with E-state index >= 15 is 0 Å². The Hall–Kier alpha value is -0.734. The van der Waals surface area contributed by atoms with Gasteiger partial charge >= 0.3 is 57.1 Å². The molecule has 2 rings (SSSR count). The first-order valence-electron chi connectivity index (χ1n) is 6.80. The van der Waals surface area contributed by atoms with Crippen molar-refractivity contribution in [3.8, 4) is 5.88 Å². The van der Waals surface area contributed by atoms with Crippen molar-refractivity contribution in [1.29, 1.82) is 0 Å². The predicted octanol–water partition coefficient (Wildman–Crippen LogP) is -1.86. The first-order chi connectivity index (χ1) is 10.0. The standard InChI is InChI=1S/C15H17FN2O3.K/c1-2-3-8-18-14(20)12(13(19)17-15(18)21)9-10-4-6-11(16)7-5-10;/h4-7,20H,2-3,8-9H2,1H3,(H,17,19,21);/q;+1/p-1. The zero-order chi connectivity index (χ0) is 15.4. The van der Waals surface area contributed by atoms with E-state index in [1.165, 1.54) is 24.3 Å². The van der Waals surface area contributed by atoms with Gasteiger partial charge in [0.25, 0.3) is 5.56 Å². The number of aromatic nitrogens is 2. The molecule has 7 heteroatoms. The van der Waals surface area contributed by atoms with Crippen LogP contribution in [0.4, 0.5) is 4.39 Å². The van der Waals surface area contributed by atoms with Crippen molar-refractivity contribution in [3.63, 3.8) is 0 Å². The molecule has 0 radical (unpaired) electrons. The molecule has 0 spiro atoms. The molecule has 1 aromatic carbocycles. The topological polar surface area (TPSA) is 77.9 Å².